The summed E-state index contributed by atoms with van der Waals surface area (Å²) in [6.45, 7) is 1.84. The first-order valence-electron chi connectivity index (χ1n) is 6.01. The molecule has 0 saturated heterocycles. The lowest BCUT2D eigenvalue weighted by molar-refractivity contribution is 0.0925. The zero-order valence-corrected chi connectivity index (χ0v) is 10.3. The van der Waals surface area contributed by atoms with Crippen molar-refractivity contribution in [2.45, 2.75) is 13.3 Å². The van der Waals surface area contributed by atoms with Crippen LogP contribution in [0.3, 0.4) is 0 Å². The monoisotopic (exact) mass is 242 g/mol. The smallest absolute Gasteiger partial charge is 0.168 e. The fraction of sp³-hybridized carbons (Fsp3) is 0.188. The zero-order valence-electron chi connectivity index (χ0n) is 10.3. The first kappa shape index (κ1) is 12.5. The highest BCUT2D eigenvalue weighted by Crippen LogP contribution is 2.16. The summed E-state index contributed by atoms with van der Waals surface area (Å²) in [4.78, 5) is 12.1. The fourth-order valence-electron chi connectivity index (χ4n) is 1.99. The highest BCUT2D eigenvalue weighted by atomic mass is 19.1. The summed E-state index contributed by atoms with van der Waals surface area (Å²) in [5.41, 5.74) is 1.27. The molecule has 2 aromatic rings. The molecule has 18 heavy (non-hydrogen) atoms. The number of benzene rings is 2. The third kappa shape index (κ3) is 2.83. The van der Waals surface area contributed by atoms with Crippen LogP contribution in [0, 0.1) is 11.7 Å². The fourth-order valence-corrected chi connectivity index (χ4v) is 1.99. The van der Waals surface area contributed by atoms with Crippen LogP contribution in [0.4, 0.5) is 4.39 Å². The minimum absolute atomic E-state index is 0.142. The summed E-state index contributed by atoms with van der Waals surface area (Å²) in [6, 6.07) is 15.9. The first-order valence-corrected chi connectivity index (χ1v) is 6.01. The number of Topliss-reactive ketones (excluding diaryl/α,β-unsaturated/α-hetero) is 1. The number of hydrogen-bond acceptors (Lipinski definition) is 1. The summed E-state index contributed by atoms with van der Waals surface area (Å²) < 4.78 is 13.5. The maximum atomic E-state index is 13.5. The first-order chi connectivity index (χ1) is 8.68. The number of carbonyl (C=O) groups excluding carboxylic acids is 1. The van der Waals surface area contributed by atoms with Crippen LogP contribution in [-0.4, -0.2) is 5.78 Å². The van der Waals surface area contributed by atoms with E-state index in [4.69, 9.17) is 0 Å². The van der Waals surface area contributed by atoms with Crippen molar-refractivity contribution in [1.82, 2.24) is 0 Å². The van der Waals surface area contributed by atoms with E-state index in [9.17, 15) is 9.18 Å². The lowest BCUT2D eigenvalue weighted by Gasteiger charge is -2.11. The van der Waals surface area contributed by atoms with Crippen molar-refractivity contribution in [3.8, 4) is 0 Å². The lowest BCUT2D eigenvalue weighted by atomic mass is 9.93. The Morgan fingerprint density at radius 3 is 2.33 bits per heavy atom. The second-order valence-corrected chi connectivity index (χ2v) is 4.43. The zero-order chi connectivity index (χ0) is 13.0. The van der Waals surface area contributed by atoms with Gasteiger partial charge in [-0.2, -0.15) is 0 Å². The molecule has 2 aromatic carbocycles. The van der Waals surface area contributed by atoms with E-state index in [0.29, 0.717) is 6.42 Å². The van der Waals surface area contributed by atoms with E-state index in [1.165, 1.54) is 6.07 Å². The maximum absolute atomic E-state index is 13.5. The molecule has 0 bridgehead atoms. The third-order valence-electron chi connectivity index (χ3n) is 2.97. The Labute approximate surface area is 106 Å². The Bertz CT molecular complexity index is 534. The number of carbonyl (C=O) groups is 1. The molecule has 0 aliphatic carbocycles. The third-order valence-corrected chi connectivity index (χ3v) is 2.97. The Morgan fingerprint density at radius 1 is 1.06 bits per heavy atom. The Balaban J connectivity index is 2.13. The highest BCUT2D eigenvalue weighted by molar-refractivity contribution is 5.98. The molecule has 1 unspecified atom stereocenters. The molecule has 0 amide bonds. The van der Waals surface area contributed by atoms with Crippen molar-refractivity contribution >= 4 is 5.78 Å². The van der Waals surface area contributed by atoms with Gasteiger partial charge in [0.25, 0.3) is 0 Å². The van der Waals surface area contributed by atoms with Gasteiger partial charge in [-0.05, 0) is 24.1 Å². The van der Waals surface area contributed by atoms with Crippen LogP contribution in [0.5, 0.6) is 0 Å². The summed E-state index contributed by atoms with van der Waals surface area (Å²) in [5, 5.41) is 0. The van der Waals surface area contributed by atoms with Crippen LogP contribution < -0.4 is 0 Å². The standard InChI is InChI=1S/C16H15FO/c1-12(11-13-7-3-2-4-8-13)16(18)14-9-5-6-10-15(14)17/h2-10,12H,11H2,1H3. The molecule has 0 aromatic heterocycles. The van der Waals surface area contributed by atoms with Gasteiger partial charge in [0.1, 0.15) is 5.82 Å². The average Bonchev–Trinajstić information content (AvgIpc) is 2.39. The summed E-state index contributed by atoms with van der Waals surface area (Å²) in [5.74, 6) is -0.802. The number of hydrogen-bond donors (Lipinski definition) is 0. The molecule has 2 heteroatoms. The van der Waals surface area contributed by atoms with Crippen molar-refractivity contribution in [3.63, 3.8) is 0 Å². The van der Waals surface area contributed by atoms with Crippen molar-refractivity contribution in [1.29, 1.82) is 0 Å². The minimum atomic E-state index is -0.442. The van der Waals surface area contributed by atoms with Crippen LogP contribution in [0.1, 0.15) is 22.8 Å². The van der Waals surface area contributed by atoms with Gasteiger partial charge in [0.15, 0.2) is 5.78 Å². The van der Waals surface area contributed by atoms with Gasteiger partial charge in [-0.25, -0.2) is 4.39 Å². The van der Waals surface area contributed by atoms with Crippen molar-refractivity contribution in [3.05, 3.63) is 71.5 Å². The molecule has 0 radical (unpaired) electrons. The average molecular weight is 242 g/mol. The predicted octanol–water partition coefficient (Wildman–Crippen LogP) is 3.89. The van der Waals surface area contributed by atoms with Crippen molar-refractivity contribution < 1.29 is 9.18 Å². The molecule has 0 heterocycles. The number of rotatable bonds is 4. The molecule has 0 spiro atoms. The molecular formula is C16H15FO. The van der Waals surface area contributed by atoms with Gasteiger partial charge < -0.3 is 0 Å². The van der Waals surface area contributed by atoms with Crippen LogP contribution >= 0.6 is 0 Å². The predicted molar refractivity (Wildman–Crippen MR) is 70.0 cm³/mol. The quantitative estimate of drug-likeness (QED) is 0.743. The highest BCUT2D eigenvalue weighted by Gasteiger charge is 2.18. The van der Waals surface area contributed by atoms with E-state index in [1.807, 2.05) is 37.3 Å². The maximum Gasteiger partial charge on any atom is 0.168 e. The van der Waals surface area contributed by atoms with E-state index in [-0.39, 0.29) is 17.3 Å². The summed E-state index contributed by atoms with van der Waals surface area (Å²) in [7, 11) is 0. The lowest BCUT2D eigenvalue weighted by Crippen LogP contribution is -2.15. The summed E-state index contributed by atoms with van der Waals surface area (Å²) >= 11 is 0. The van der Waals surface area contributed by atoms with E-state index < -0.39 is 5.82 Å². The SMILES string of the molecule is CC(Cc1ccccc1)C(=O)c1ccccc1F. The second-order valence-electron chi connectivity index (χ2n) is 4.43. The van der Waals surface area contributed by atoms with Crippen molar-refractivity contribution in [2.24, 2.45) is 5.92 Å². The van der Waals surface area contributed by atoms with Crippen molar-refractivity contribution in [2.75, 3.05) is 0 Å². The number of ketones is 1. The summed E-state index contributed by atoms with van der Waals surface area (Å²) in [6.07, 6.45) is 0.633. The van der Waals surface area contributed by atoms with Gasteiger partial charge in [0.2, 0.25) is 0 Å². The minimum Gasteiger partial charge on any atom is -0.294 e. The van der Waals surface area contributed by atoms with Crippen LogP contribution in [0.15, 0.2) is 54.6 Å². The molecule has 0 N–H and O–H groups in total. The van der Waals surface area contributed by atoms with Gasteiger partial charge in [-0.1, -0.05) is 49.4 Å². The Morgan fingerprint density at radius 2 is 1.67 bits per heavy atom. The van der Waals surface area contributed by atoms with E-state index in [0.717, 1.165) is 5.56 Å². The molecule has 92 valence electrons. The molecular weight excluding hydrogens is 227 g/mol. The normalized spacial score (nSPS) is 12.1. The molecule has 2 rings (SSSR count). The Kier molecular flexibility index (Phi) is 3.88. The second kappa shape index (κ2) is 5.58. The topological polar surface area (TPSA) is 17.1 Å². The van der Waals surface area contributed by atoms with Gasteiger partial charge >= 0.3 is 0 Å². The van der Waals surface area contributed by atoms with E-state index in [2.05, 4.69) is 0 Å². The van der Waals surface area contributed by atoms with Gasteiger partial charge in [-0.15, -0.1) is 0 Å². The van der Waals surface area contributed by atoms with Gasteiger partial charge in [-0.3, -0.25) is 4.79 Å². The van der Waals surface area contributed by atoms with Crippen LogP contribution in [-0.2, 0) is 6.42 Å². The van der Waals surface area contributed by atoms with Gasteiger partial charge in [0, 0.05) is 5.92 Å². The molecule has 0 aliphatic rings. The molecule has 0 fully saturated rings. The van der Waals surface area contributed by atoms with E-state index in [1.54, 1.807) is 18.2 Å². The Hall–Kier alpha value is -1.96. The van der Waals surface area contributed by atoms with Gasteiger partial charge in [0.05, 0.1) is 5.56 Å². The molecule has 1 atom stereocenters. The molecule has 1 nitrogen and oxygen atoms in total. The van der Waals surface area contributed by atoms with E-state index >= 15 is 0 Å². The van der Waals surface area contributed by atoms with Crippen LogP contribution in [0.2, 0.25) is 0 Å². The molecule has 0 saturated carbocycles. The molecule has 0 aliphatic heterocycles. The largest absolute Gasteiger partial charge is 0.294 e. The van der Waals surface area contributed by atoms with Crippen LogP contribution in [0.25, 0.3) is 0 Å². The number of halogens is 1.